The number of carbonyl (C=O) groups excluding carboxylic acids is 1. The number of rotatable bonds is 10. The van der Waals surface area contributed by atoms with Gasteiger partial charge in [0, 0.05) is 30.5 Å². The molecule has 4 aromatic rings. The van der Waals surface area contributed by atoms with Crippen molar-refractivity contribution >= 4 is 28.6 Å². The van der Waals surface area contributed by atoms with E-state index in [4.69, 9.17) is 14.6 Å². The van der Waals surface area contributed by atoms with Gasteiger partial charge < -0.3 is 29.6 Å². The van der Waals surface area contributed by atoms with Gasteiger partial charge in [-0.05, 0) is 41.8 Å². The molecule has 2 heterocycles. The number of carboxylic acids is 1. The highest BCUT2D eigenvalue weighted by molar-refractivity contribution is 5.90. The third kappa shape index (κ3) is 6.69. The van der Waals surface area contributed by atoms with E-state index in [0.29, 0.717) is 18.7 Å². The first kappa shape index (κ1) is 26.6. The van der Waals surface area contributed by atoms with Crippen LogP contribution in [0.25, 0.3) is 11.0 Å². The Labute approximate surface area is 226 Å². The van der Waals surface area contributed by atoms with E-state index in [9.17, 15) is 14.7 Å². The van der Waals surface area contributed by atoms with Gasteiger partial charge in [-0.15, -0.1) is 0 Å². The number of nitrogens with one attached hydrogen (secondary N) is 1. The molecule has 0 radical (unpaired) electrons. The smallest absolute Gasteiger partial charge is 0.303 e. The summed E-state index contributed by atoms with van der Waals surface area (Å²) in [6, 6.07) is 23.0. The molecule has 1 saturated heterocycles. The summed E-state index contributed by atoms with van der Waals surface area (Å²) < 4.78 is 14.9. The highest BCUT2D eigenvalue weighted by Crippen LogP contribution is 2.38. The van der Waals surface area contributed by atoms with Crippen molar-refractivity contribution in [3.8, 4) is 0 Å². The minimum Gasteiger partial charge on any atom is -0.481 e. The molecular weight excluding hydrogens is 498 g/mol. The fourth-order valence-electron chi connectivity index (χ4n) is 4.76. The van der Waals surface area contributed by atoms with Crippen molar-refractivity contribution in [1.82, 2.24) is 9.55 Å². The van der Waals surface area contributed by atoms with Crippen molar-refractivity contribution in [1.29, 1.82) is 0 Å². The molecule has 0 spiro atoms. The van der Waals surface area contributed by atoms with E-state index < -0.39 is 12.3 Å². The second-order valence-electron chi connectivity index (χ2n) is 9.65. The average molecular weight is 530 g/mol. The highest BCUT2D eigenvalue weighted by Gasteiger charge is 2.32. The lowest BCUT2D eigenvalue weighted by Gasteiger charge is -2.36. The Bertz CT molecular complexity index is 1420. The topological polar surface area (TPSA) is 123 Å². The average Bonchev–Trinajstić information content (AvgIpc) is 3.36. The fourth-order valence-corrected chi connectivity index (χ4v) is 4.76. The molecule has 3 atom stereocenters. The molecule has 39 heavy (non-hydrogen) atoms. The highest BCUT2D eigenvalue weighted by atomic mass is 16.7. The van der Waals surface area contributed by atoms with Crippen molar-refractivity contribution in [3.63, 3.8) is 0 Å². The maximum absolute atomic E-state index is 12.1. The molecule has 1 fully saturated rings. The van der Waals surface area contributed by atoms with Crippen molar-refractivity contribution in [2.24, 2.45) is 0 Å². The van der Waals surface area contributed by atoms with Gasteiger partial charge in [0.2, 0.25) is 5.91 Å². The van der Waals surface area contributed by atoms with E-state index in [0.717, 1.165) is 27.7 Å². The Morgan fingerprint density at radius 1 is 0.949 bits per heavy atom. The van der Waals surface area contributed by atoms with E-state index >= 15 is 0 Å². The van der Waals surface area contributed by atoms with Gasteiger partial charge in [0.25, 0.3) is 0 Å². The number of aliphatic carboxylic acids is 1. The number of hydrogen-bond acceptors (Lipinski definition) is 6. The third-order valence-corrected chi connectivity index (χ3v) is 6.80. The van der Waals surface area contributed by atoms with Crippen molar-refractivity contribution in [2.75, 3.05) is 5.32 Å². The number of para-hydroxylation sites is 2. The van der Waals surface area contributed by atoms with Gasteiger partial charge in [-0.3, -0.25) is 9.59 Å². The van der Waals surface area contributed by atoms with Crippen LogP contribution in [0.4, 0.5) is 5.69 Å². The van der Waals surface area contributed by atoms with Crippen LogP contribution < -0.4 is 5.32 Å². The molecule has 9 nitrogen and oxygen atoms in total. The first-order valence-electron chi connectivity index (χ1n) is 13.0. The maximum atomic E-state index is 12.1. The zero-order chi connectivity index (χ0) is 27.2. The Kier molecular flexibility index (Phi) is 8.31. The molecule has 3 N–H and O–H groups in total. The van der Waals surface area contributed by atoms with Gasteiger partial charge in [-0.25, -0.2) is 4.98 Å². The number of aliphatic hydroxyl groups is 1. The standard InChI is InChI=1S/C30H31N3O6/c34-18-20-8-10-21(11-9-20)27-16-24(17-33-19-31-25-4-1-2-5-26(25)33)38-30(39-27)22-12-14-23(15-13-22)32-28(35)6-3-7-29(36)37/h1-2,4-5,8-15,19,24,27,30,34H,3,6-7,16-18H2,(H,32,35)(H,36,37). The summed E-state index contributed by atoms with van der Waals surface area (Å²) in [6.07, 6.45) is 1.87. The number of imidazole rings is 1. The molecule has 202 valence electrons. The Balaban J connectivity index is 1.32. The second-order valence-corrected chi connectivity index (χ2v) is 9.65. The Hall–Kier alpha value is -4.05. The van der Waals surface area contributed by atoms with Crippen LogP contribution in [0, 0.1) is 0 Å². The fraction of sp³-hybridized carbons (Fsp3) is 0.300. The normalized spacial score (nSPS) is 19.2. The van der Waals surface area contributed by atoms with Crippen LogP contribution >= 0.6 is 0 Å². The summed E-state index contributed by atoms with van der Waals surface area (Å²) in [4.78, 5) is 27.3. The van der Waals surface area contributed by atoms with E-state index in [1.165, 1.54) is 0 Å². The molecule has 1 aliphatic heterocycles. The number of anilines is 1. The molecule has 1 aromatic heterocycles. The number of fused-ring (bicyclic) bond motifs is 1. The predicted molar refractivity (Wildman–Crippen MR) is 145 cm³/mol. The first-order valence-corrected chi connectivity index (χ1v) is 13.0. The number of benzene rings is 3. The molecule has 0 bridgehead atoms. The number of ether oxygens (including phenoxy) is 2. The van der Waals surface area contributed by atoms with E-state index in [1.54, 1.807) is 12.1 Å². The van der Waals surface area contributed by atoms with Gasteiger partial charge in [0.15, 0.2) is 6.29 Å². The second kappa shape index (κ2) is 12.2. The van der Waals surface area contributed by atoms with Crippen LogP contribution in [0.3, 0.4) is 0 Å². The minimum absolute atomic E-state index is 0.0175. The number of nitrogens with zero attached hydrogens (tertiary/aromatic N) is 2. The summed E-state index contributed by atoms with van der Waals surface area (Å²) in [7, 11) is 0. The monoisotopic (exact) mass is 529 g/mol. The lowest BCUT2D eigenvalue weighted by Crippen LogP contribution is -2.32. The van der Waals surface area contributed by atoms with Gasteiger partial charge in [0.05, 0.1) is 42.7 Å². The number of hydrogen-bond donors (Lipinski definition) is 3. The van der Waals surface area contributed by atoms with E-state index in [-0.39, 0.29) is 44.0 Å². The lowest BCUT2D eigenvalue weighted by atomic mass is 10.00. The molecule has 9 heteroatoms. The number of amides is 1. The van der Waals surface area contributed by atoms with Crippen molar-refractivity contribution < 1.29 is 29.3 Å². The zero-order valence-corrected chi connectivity index (χ0v) is 21.4. The van der Waals surface area contributed by atoms with E-state index in [2.05, 4.69) is 14.9 Å². The summed E-state index contributed by atoms with van der Waals surface area (Å²) in [6.45, 7) is 0.590. The van der Waals surface area contributed by atoms with Gasteiger partial charge in [0.1, 0.15) is 0 Å². The van der Waals surface area contributed by atoms with Crippen LogP contribution in [-0.2, 0) is 32.2 Å². The van der Waals surface area contributed by atoms with Crippen LogP contribution in [0.5, 0.6) is 0 Å². The number of aromatic nitrogens is 2. The van der Waals surface area contributed by atoms with Gasteiger partial charge in [-0.2, -0.15) is 0 Å². The molecule has 1 amide bonds. The SMILES string of the molecule is O=C(O)CCCC(=O)Nc1ccc(C2OC(Cn3cnc4ccccc43)CC(c3ccc(CO)cc3)O2)cc1. The minimum atomic E-state index is -0.915. The van der Waals surface area contributed by atoms with Crippen LogP contribution in [0.1, 0.15) is 54.8 Å². The maximum Gasteiger partial charge on any atom is 0.303 e. The number of carboxylic acid groups (broad SMARTS) is 1. The Morgan fingerprint density at radius 3 is 2.44 bits per heavy atom. The van der Waals surface area contributed by atoms with E-state index in [1.807, 2.05) is 67.0 Å². The molecule has 0 aliphatic carbocycles. The van der Waals surface area contributed by atoms with Crippen LogP contribution in [-0.4, -0.2) is 37.7 Å². The molecule has 0 saturated carbocycles. The van der Waals surface area contributed by atoms with Crippen LogP contribution in [0.15, 0.2) is 79.1 Å². The van der Waals surface area contributed by atoms with Crippen molar-refractivity contribution in [2.45, 2.75) is 57.3 Å². The zero-order valence-electron chi connectivity index (χ0n) is 21.4. The largest absolute Gasteiger partial charge is 0.481 e. The quantitative estimate of drug-likeness (QED) is 0.265. The number of carbonyl (C=O) groups is 2. The third-order valence-electron chi connectivity index (χ3n) is 6.80. The molecule has 5 rings (SSSR count). The Morgan fingerprint density at radius 2 is 1.69 bits per heavy atom. The summed E-state index contributed by atoms with van der Waals surface area (Å²) >= 11 is 0. The van der Waals surface area contributed by atoms with Gasteiger partial charge >= 0.3 is 5.97 Å². The molecule has 3 unspecified atom stereocenters. The summed E-state index contributed by atoms with van der Waals surface area (Å²) in [5.74, 6) is -1.14. The summed E-state index contributed by atoms with van der Waals surface area (Å²) in [5.41, 5.74) is 5.24. The lowest BCUT2D eigenvalue weighted by molar-refractivity contribution is -0.252. The molecule has 3 aromatic carbocycles. The molecule has 1 aliphatic rings. The summed E-state index contributed by atoms with van der Waals surface area (Å²) in [5, 5.41) is 21.0. The predicted octanol–water partition coefficient (Wildman–Crippen LogP) is 4.97. The van der Waals surface area contributed by atoms with Crippen LogP contribution in [0.2, 0.25) is 0 Å². The first-order chi connectivity index (χ1) is 19.0. The molecular formula is C30H31N3O6. The number of aliphatic hydroxyl groups excluding tert-OH is 1. The van der Waals surface area contributed by atoms with Crippen molar-refractivity contribution in [3.05, 3.63) is 95.8 Å². The van der Waals surface area contributed by atoms with Gasteiger partial charge in [-0.1, -0.05) is 48.5 Å².